The highest BCUT2D eigenvalue weighted by Gasteiger charge is 2.18. The van der Waals surface area contributed by atoms with Crippen molar-refractivity contribution in [3.05, 3.63) is 12.4 Å². The number of likely N-dealkylation sites (tertiary alicyclic amines) is 1. The molecule has 1 saturated heterocycles. The molecule has 0 spiro atoms. The van der Waals surface area contributed by atoms with Crippen LogP contribution in [0.25, 0.3) is 0 Å². The quantitative estimate of drug-likeness (QED) is 0.830. The van der Waals surface area contributed by atoms with Gasteiger partial charge in [0, 0.05) is 25.2 Å². The van der Waals surface area contributed by atoms with Crippen LogP contribution in [-0.4, -0.2) is 47.2 Å². The Morgan fingerprint density at radius 1 is 1.25 bits per heavy atom. The monoisotopic (exact) mass is 278 g/mol. The topological polar surface area (TPSA) is 50.3 Å². The predicted molar refractivity (Wildman–Crippen MR) is 81.2 cm³/mol. The van der Waals surface area contributed by atoms with E-state index in [0.717, 1.165) is 12.2 Å². The fourth-order valence-corrected chi connectivity index (χ4v) is 2.53. The van der Waals surface area contributed by atoms with Gasteiger partial charge in [-0.3, -0.25) is 0 Å². The van der Waals surface area contributed by atoms with Gasteiger partial charge in [-0.1, -0.05) is 13.8 Å². The van der Waals surface area contributed by atoms with Gasteiger partial charge in [-0.2, -0.15) is 0 Å². The van der Waals surface area contributed by atoms with Crippen LogP contribution in [0.2, 0.25) is 0 Å². The molecular formula is C15H26N4O. The first kappa shape index (κ1) is 15.0. The molecule has 0 unspecified atom stereocenters. The van der Waals surface area contributed by atoms with E-state index in [-0.39, 0.29) is 0 Å². The fraction of sp³-hybridized carbons (Fsp3) is 0.733. The number of ether oxygens (including phenoxy) is 1. The number of piperidine rings is 1. The highest BCUT2D eigenvalue weighted by molar-refractivity contribution is 5.38. The van der Waals surface area contributed by atoms with Crippen LogP contribution < -0.4 is 10.1 Å². The van der Waals surface area contributed by atoms with Crippen molar-refractivity contribution < 1.29 is 4.74 Å². The number of anilines is 1. The first-order valence-electron chi connectivity index (χ1n) is 7.75. The summed E-state index contributed by atoms with van der Waals surface area (Å²) in [6.07, 6.45) is 6.15. The lowest BCUT2D eigenvalue weighted by molar-refractivity contribution is 0.219. The van der Waals surface area contributed by atoms with Crippen LogP contribution in [0, 0.1) is 0 Å². The minimum absolute atomic E-state index is 0.511. The van der Waals surface area contributed by atoms with Crippen LogP contribution in [0.4, 0.5) is 5.82 Å². The second kappa shape index (κ2) is 8.04. The zero-order valence-electron chi connectivity index (χ0n) is 12.6. The molecule has 0 bridgehead atoms. The highest BCUT2D eigenvalue weighted by atomic mass is 16.5. The standard InChI is InChI=1S/C15H26N4O/c1-3-7-19-8-5-13(6-9-19)18-14-11-15(17-12-16-14)20-10-4-2/h11-13H,3-10H2,1-2H3,(H,16,17,18). The van der Waals surface area contributed by atoms with Gasteiger partial charge < -0.3 is 15.0 Å². The van der Waals surface area contributed by atoms with E-state index < -0.39 is 0 Å². The van der Waals surface area contributed by atoms with Gasteiger partial charge in [0.1, 0.15) is 12.1 Å². The summed E-state index contributed by atoms with van der Waals surface area (Å²) in [4.78, 5) is 10.9. The second-order valence-corrected chi connectivity index (χ2v) is 5.35. The minimum atomic E-state index is 0.511. The van der Waals surface area contributed by atoms with Crippen molar-refractivity contribution in [2.24, 2.45) is 0 Å². The molecule has 1 N–H and O–H groups in total. The Morgan fingerprint density at radius 2 is 2.05 bits per heavy atom. The number of rotatable bonds is 7. The van der Waals surface area contributed by atoms with Gasteiger partial charge in [0.25, 0.3) is 0 Å². The molecular weight excluding hydrogens is 252 g/mol. The van der Waals surface area contributed by atoms with Crippen LogP contribution in [0.1, 0.15) is 39.5 Å². The Bertz CT molecular complexity index is 391. The molecule has 1 aromatic rings. The largest absolute Gasteiger partial charge is 0.478 e. The van der Waals surface area contributed by atoms with Crippen LogP contribution in [-0.2, 0) is 0 Å². The van der Waals surface area contributed by atoms with E-state index in [1.165, 1.54) is 38.9 Å². The van der Waals surface area contributed by atoms with Crippen molar-refractivity contribution in [1.29, 1.82) is 0 Å². The molecule has 5 heteroatoms. The van der Waals surface area contributed by atoms with E-state index in [1.54, 1.807) is 6.33 Å². The van der Waals surface area contributed by atoms with Crippen LogP contribution in [0.5, 0.6) is 5.88 Å². The van der Waals surface area contributed by atoms with E-state index in [2.05, 4.69) is 34.0 Å². The third-order valence-electron chi connectivity index (χ3n) is 3.58. The third kappa shape index (κ3) is 4.63. The van der Waals surface area contributed by atoms with Gasteiger partial charge >= 0.3 is 0 Å². The van der Waals surface area contributed by atoms with Gasteiger partial charge in [0.2, 0.25) is 5.88 Å². The number of nitrogens with one attached hydrogen (secondary N) is 1. The molecule has 2 rings (SSSR count). The van der Waals surface area contributed by atoms with E-state index >= 15 is 0 Å². The van der Waals surface area contributed by atoms with Gasteiger partial charge in [-0.25, -0.2) is 9.97 Å². The summed E-state index contributed by atoms with van der Waals surface area (Å²) in [6.45, 7) is 8.60. The lowest BCUT2D eigenvalue weighted by Crippen LogP contribution is -2.39. The van der Waals surface area contributed by atoms with Gasteiger partial charge in [0.05, 0.1) is 6.61 Å². The minimum Gasteiger partial charge on any atom is -0.478 e. The van der Waals surface area contributed by atoms with E-state index in [4.69, 9.17) is 4.74 Å². The molecule has 20 heavy (non-hydrogen) atoms. The molecule has 1 aliphatic rings. The summed E-state index contributed by atoms with van der Waals surface area (Å²) in [5.74, 6) is 1.54. The molecule has 0 aliphatic carbocycles. The Hall–Kier alpha value is -1.36. The molecule has 0 amide bonds. The number of hydrogen-bond donors (Lipinski definition) is 1. The maximum absolute atomic E-state index is 5.53. The summed E-state index contributed by atoms with van der Waals surface area (Å²) in [6, 6.07) is 2.41. The van der Waals surface area contributed by atoms with Crippen LogP contribution in [0.15, 0.2) is 12.4 Å². The third-order valence-corrected chi connectivity index (χ3v) is 3.58. The smallest absolute Gasteiger partial charge is 0.218 e. The molecule has 0 saturated carbocycles. The highest BCUT2D eigenvalue weighted by Crippen LogP contribution is 2.17. The summed E-state index contributed by atoms with van der Waals surface area (Å²) in [7, 11) is 0. The maximum Gasteiger partial charge on any atom is 0.218 e. The van der Waals surface area contributed by atoms with E-state index in [1.807, 2.05) is 6.07 Å². The van der Waals surface area contributed by atoms with E-state index in [0.29, 0.717) is 18.5 Å². The summed E-state index contributed by atoms with van der Waals surface area (Å²) in [5, 5.41) is 3.50. The van der Waals surface area contributed by atoms with Crippen molar-refractivity contribution in [2.75, 3.05) is 31.6 Å². The molecule has 2 heterocycles. The summed E-state index contributed by atoms with van der Waals surface area (Å²) >= 11 is 0. The molecule has 0 radical (unpaired) electrons. The van der Waals surface area contributed by atoms with Gasteiger partial charge in [0.15, 0.2) is 0 Å². The van der Waals surface area contributed by atoms with Crippen molar-refractivity contribution in [3.8, 4) is 5.88 Å². The average Bonchev–Trinajstić information content (AvgIpc) is 2.48. The Kier molecular flexibility index (Phi) is 6.05. The van der Waals surface area contributed by atoms with Crippen LogP contribution >= 0.6 is 0 Å². The molecule has 1 fully saturated rings. The molecule has 1 aromatic heterocycles. The molecule has 0 atom stereocenters. The van der Waals surface area contributed by atoms with Crippen molar-refractivity contribution >= 4 is 5.82 Å². The average molecular weight is 278 g/mol. The zero-order valence-corrected chi connectivity index (χ0v) is 12.6. The first-order chi connectivity index (χ1) is 9.81. The normalized spacial score (nSPS) is 17.1. The summed E-state index contributed by atoms with van der Waals surface area (Å²) < 4.78 is 5.53. The van der Waals surface area contributed by atoms with Crippen molar-refractivity contribution in [1.82, 2.24) is 14.9 Å². The van der Waals surface area contributed by atoms with E-state index in [9.17, 15) is 0 Å². The first-order valence-corrected chi connectivity index (χ1v) is 7.75. The lowest BCUT2D eigenvalue weighted by atomic mass is 10.0. The lowest BCUT2D eigenvalue weighted by Gasteiger charge is -2.32. The molecule has 1 aliphatic heterocycles. The Morgan fingerprint density at radius 3 is 2.75 bits per heavy atom. The van der Waals surface area contributed by atoms with Crippen molar-refractivity contribution in [2.45, 2.75) is 45.6 Å². The Balaban J connectivity index is 1.81. The molecule has 112 valence electrons. The molecule has 5 nitrogen and oxygen atoms in total. The summed E-state index contributed by atoms with van der Waals surface area (Å²) in [5.41, 5.74) is 0. The fourth-order valence-electron chi connectivity index (χ4n) is 2.53. The maximum atomic E-state index is 5.53. The SMILES string of the molecule is CCCOc1cc(NC2CCN(CCC)CC2)ncn1. The zero-order chi connectivity index (χ0) is 14.2. The van der Waals surface area contributed by atoms with Gasteiger partial charge in [-0.05, 0) is 32.2 Å². The van der Waals surface area contributed by atoms with Crippen LogP contribution in [0.3, 0.4) is 0 Å². The van der Waals surface area contributed by atoms with Gasteiger partial charge in [-0.15, -0.1) is 0 Å². The Labute approximate surface area is 121 Å². The molecule has 0 aromatic carbocycles. The number of nitrogens with zero attached hydrogens (tertiary/aromatic N) is 3. The number of aromatic nitrogens is 2. The second-order valence-electron chi connectivity index (χ2n) is 5.35. The van der Waals surface area contributed by atoms with Crippen molar-refractivity contribution in [3.63, 3.8) is 0 Å². The predicted octanol–water partition coefficient (Wildman–Crippen LogP) is 2.55. The number of hydrogen-bond acceptors (Lipinski definition) is 5.